The van der Waals surface area contributed by atoms with Crippen LogP contribution >= 0.6 is 0 Å². The molecular weight excluding hydrogens is 482 g/mol. The van der Waals surface area contributed by atoms with Gasteiger partial charge in [-0.05, 0) is 31.0 Å². The molecule has 14 nitrogen and oxygen atoms in total. The van der Waals surface area contributed by atoms with Gasteiger partial charge in [0.1, 0.15) is 42.8 Å². The Labute approximate surface area is 206 Å². The number of ketones is 1. The van der Waals surface area contributed by atoms with E-state index in [-0.39, 0.29) is 31.8 Å². The summed E-state index contributed by atoms with van der Waals surface area (Å²) in [7, 11) is 0. The predicted octanol–water partition coefficient (Wildman–Crippen LogP) is -1.32. The Morgan fingerprint density at radius 3 is 2.44 bits per heavy atom. The highest BCUT2D eigenvalue weighted by Crippen LogP contribution is 2.24. The topological polar surface area (TPSA) is 219 Å². The van der Waals surface area contributed by atoms with Crippen LogP contribution in [0.15, 0.2) is 24.3 Å². The Balaban J connectivity index is 1.89. The first-order chi connectivity index (χ1) is 17.2. The average Bonchev–Trinajstić information content (AvgIpc) is 2.86. The summed E-state index contributed by atoms with van der Waals surface area (Å²) in [6.45, 7) is 0.907. The highest BCUT2D eigenvalue weighted by Gasteiger charge is 2.44. The van der Waals surface area contributed by atoms with Crippen molar-refractivity contribution in [1.29, 1.82) is 5.53 Å². The molecule has 0 spiro atoms. The molecule has 14 heteroatoms. The fraction of sp³-hybridized carbons (Fsp3) is 0.545. The van der Waals surface area contributed by atoms with Crippen molar-refractivity contribution in [3.8, 4) is 5.75 Å². The van der Waals surface area contributed by atoms with Crippen molar-refractivity contribution in [1.82, 2.24) is 5.32 Å². The molecular formula is C22H30N3O11+. The van der Waals surface area contributed by atoms with E-state index in [1.165, 1.54) is 12.1 Å². The number of nitrogens with one attached hydrogen (secondary N) is 2. The van der Waals surface area contributed by atoms with Crippen LogP contribution in [0.2, 0.25) is 0 Å². The SMILES string of the molecule is CCOC(=O)[C@H](CCC(=O)C=[N+]=N)NC(=O)OCc1ccc(O[C@@H]2O[C@H](CO)[C@@H](O)[C@H](O)[C@H]2O)cc1. The summed E-state index contributed by atoms with van der Waals surface area (Å²) in [5.74, 6) is -0.990. The molecule has 6 N–H and O–H groups in total. The second-order valence-electron chi connectivity index (χ2n) is 7.75. The first-order valence-electron chi connectivity index (χ1n) is 11.1. The molecule has 1 aliphatic heterocycles. The molecule has 0 saturated carbocycles. The highest BCUT2D eigenvalue weighted by atomic mass is 16.7. The van der Waals surface area contributed by atoms with Crippen LogP contribution in [0.4, 0.5) is 4.79 Å². The van der Waals surface area contributed by atoms with E-state index in [0.29, 0.717) is 5.56 Å². The Bertz CT molecular complexity index is 934. The van der Waals surface area contributed by atoms with Gasteiger partial charge >= 0.3 is 18.3 Å². The lowest BCUT2D eigenvalue weighted by Crippen LogP contribution is -2.60. The molecule has 0 aromatic heterocycles. The quantitative estimate of drug-likeness (QED) is 0.0835. The summed E-state index contributed by atoms with van der Waals surface area (Å²) in [5, 5.41) is 41.3. The number of carbonyl (C=O) groups excluding carboxylic acids is 3. The van der Waals surface area contributed by atoms with E-state index < -0.39 is 61.2 Å². The minimum Gasteiger partial charge on any atom is -0.464 e. The maximum atomic E-state index is 12.2. The van der Waals surface area contributed by atoms with Gasteiger partial charge in [-0.25, -0.2) is 9.59 Å². The number of rotatable bonds is 12. The Kier molecular flexibility index (Phi) is 11.4. The molecule has 1 aromatic rings. The summed E-state index contributed by atoms with van der Waals surface area (Å²) in [6, 6.07) is 4.94. The minimum absolute atomic E-state index is 0.0667. The molecule has 1 amide bonds. The number of carbonyl (C=O) groups is 3. The average molecular weight is 512 g/mol. The predicted molar refractivity (Wildman–Crippen MR) is 118 cm³/mol. The Morgan fingerprint density at radius 1 is 1.14 bits per heavy atom. The van der Waals surface area contributed by atoms with E-state index in [1.54, 1.807) is 19.1 Å². The van der Waals surface area contributed by atoms with E-state index in [1.807, 2.05) is 0 Å². The molecule has 0 bridgehead atoms. The molecule has 0 aliphatic carbocycles. The number of aliphatic hydroxyl groups is 4. The first-order valence-corrected chi connectivity index (χ1v) is 11.1. The number of nitrogens with zero attached hydrogens (tertiary/aromatic N) is 1. The zero-order chi connectivity index (χ0) is 26.7. The number of benzene rings is 1. The van der Waals surface area contributed by atoms with E-state index in [9.17, 15) is 34.8 Å². The Morgan fingerprint density at radius 2 is 1.83 bits per heavy atom. The number of hydrogen-bond donors (Lipinski definition) is 6. The first kappa shape index (κ1) is 28.8. The van der Waals surface area contributed by atoms with Crippen molar-refractivity contribution in [3.05, 3.63) is 29.8 Å². The van der Waals surface area contributed by atoms with Gasteiger partial charge in [-0.15, -0.1) is 0 Å². The summed E-state index contributed by atoms with van der Waals surface area (Å²) in [6.07, 6.45) is -7.41. The zero-order valence-corrected chi connectivity index (χ0v) is 19.5. The van der Waals surface area contributed by atoms with Gasteiger partial charge in [0.05, 0.1) is 23.5 Å². The third-order valence-electron chi connectivity index (χ3n) is 5.15. The highest BCUT2D eigenvalue weighted by molar-refractivity contribution is 6.25. The van der Waals surface area contributed by atoms with Gasteiger partial charge in [-0.3, -0.25) is 4.79 Å². The van der Waals surface area contributed by atoms with Crippen LogP contribution in [0, 0.1) is 5.53 Å². The molecule has 2 rings (SSSR count). The van der Waals surface area contributed by atoms with Gasteiger partial charge < -0.3 is 44.7 Å². The second kappa shape index (κ2) is 14.2. The van der Waals surface area contributed by atoms with Crippen molar-refractivity contribution in [3.63, 3.8) is 0 Å². The Hall–Kier alpha value is -3.39. The molecule has 1 heterocycles. The summed E-state index contributed by atoms with van der Waals surface area (Å²) < 4.78 is 20.8. The van der Waals surface area contributed by atoms with Crippen molar-refractivity contribution < 1.29 is 58.5 Å². The number of ether oxygens (including phenoxy) is 4. The molecule has 1 aliphatic rings. The van der Waals surface area contributed by atoms with Crippen LogP contribution in [0.1, 0.15) is 25.3 Å². The normalized spacial score (nSPS) is 24.1. The van der Waals surface area contributed by atoms with Crippen LogP contribution in [0.25, 0.3) is 0 Å². The maximum Gasteiger partial charge on any atom is 0.408 e. The van der Waals surface area contributed by atoms with E-state index in [4.69, 9.17) is 24.5 Å². The zero-order valence-electron chi connectivity index (χ0n) is 19.5. The fourth-order valence-electron chi connectivity index (χ4n) is 3.21. The lowest BCUT2D eigenvalue weighted by atomic mass is 9.99. The summed E-state index contributed by atoms with van der Waals surface area (Å²) >= 11 is 0. The van der Waals surface area contributed by atoms with E-state index in [0.717, 1.165) is 6.21 Å². The van der Waals surface area contributed by atoms with Gasteiger partial charge in [0.25, 0.3) is 0 Å². The second-order valence-corrected chi connectivity index (χ2v) is 7.75. The number of Topliss-reactive ketones (excluding diaryl/α,β-unsaturated/α-hetero) is 1. The summed E-state index contributed by atoms with van der Waals surface area (Å²) in [4.78, 5) is 38.6. The number of hydrogen-bond acceptors (Lipinski definition) is 12. The van der Waals surface area contributed by atoms with Crippen molar-refractivity contribution in [2.75, 3.05) is 13.2 Å². The molecule has 1 saturated heterocycles. The number of amides is 1. The van der Waals surface area contributed by atoms with Gasteiger partial charge in [-0.2, -0.15) is 0 Å². The molecule has 6 atom stereocenters. The standard InChI is InChI=1S/C22H29N3O11/c1-2-33-20(31)15(8-5-13(27)9-24-23)25-22(32)34-11-12-3-6-14(7-4-12)35-21-19(30)18(29)17(28)16(10-26)36-21/h3-4,6-7,9,15-19,21,23,26,28-30H,2,5,8,10-11H2,1H3/p+1/t15-,16+,17+,18-,19+,21+/m0/s1. The van der Waals surface area contributed by atoms with Crippen LogP contribution in [-0.4, -0.2) is 99.2 Å². The fourth-order valence-corrected chi connectivity index (χ4v) is 3.21. The van der Waals surface area contributed by atoms with Gasteiger partial charge in [0, 0.05) is 6.42 Å². The number of esters is 1. The van der Waals surface area contributed by atoms with Crippen molar-refractivity contribution in [2.24, 2.45) is 0 Å². The minimum atomic E-state index is -1.57. The van der Waals surface area contributed by atoms with Crippen molar-refractivity contribution in [2.45, 2.75) is 63.1 Å². The van der Waals surface area contributed by atoms with Crippen LogP contribution in [0.3, 0.4) is 0 Å². The molecule has 0 radical (unpaired) electrons. The van der Waals surface area contributed by atoms with Gasteiger partial charge in [0.15, 0.2) is 0 Å². The van der Waals surface area contributed by atoms with E-state index >= 15 is 0 Å². The molecule has 36 heavy (non-hydrogen) atoms. The van der Waals surface area contributed by atoms with E-state index in [2.05, 4.69) is 10.1 Å². The molecule has 0 unspecified atom stereocenters. The van der Waals surface area contributed by atoms with Crippen molar-refractivity contribution >= 4 is 24.1 Å². The largest absolute Gasteiger partial charge is 0.464 e. The molecule has 1 aromatic carbocycles. The number of aliphatic hydroxyl groups excluding tert-OH is 4. The third kappa shape index (κ3) is 8.37. The van der Waals surface area contributed by atoms with Crippen LogP contribution < -0.4 is 10.1 Å². The molecule has 198 valence electrons. The summed E-state index contributed by atoms with van der Waals surface area (Å²) in [5.41, 5.74) is 7.19. The smallest absolute Gasteiger partial charge is 0.408 e. The monoisotopic (exact) mass is 512 g/mol. The lowest BCUT2D eigenvalue weighted by molar-refractivity contribution is -0.277. The maximum absolute atomic E-state index is 12.2. The van der Waals surface area contributed by atoms with Gasteiger partial charge in [0.2, 0.25) is 12.1 Å². The van der Waals surface area contributed by atoms with Crippen LogP contribution in [0.5, 0.6) is 5.75 Å². The van der Waals surface area contributed by atoms with Crippen LogP contribution in [-0.2, 0) is 30.4 Å². The number of alkyl carbamates (subject to hydrolysis) is 1. The lowest BCUT2D eigenvalue weighted by Gasteiger charge is -2.39. The van der Waals surface area contributed by atoms with Gasteiger partial charge in [-0.1, -0.05) is 12.1 Å². The third-order valence-corrected chi connectivity index (χ3v) is 5.15. The molecule has 1 fully saturated rings.